The van der Waals surface area contributed by atoms with Crippen molar-refractivity contribution in [3.8, 4) is 6.07 Å². The molecule has 0 aromatic heterocycles. The van der Waals surface area contributed by atoms with Crippen molar-refractivity contribution in [1.29, 1.82) is 5.26 Å². The maximum Gasteiger partial charge on any atom is 0.317 e. The number of carbonyl (C=O) groups excluding carboxylic acids is 2. The molecule has 1 N–H and O–H groups in total. The second-order valence-electron chi connectivity index (χ2n) is 5.02. The Morgan fingerprint density at radius 3 is 2.79 bits per heavy atom. The highest BCUT2D eigenvalue weighted by Gasteiger charge is 2.48. The number of rotatable bonds is 2. The molecule has 0 aliphatic heterocycles. The second kappa shape index (κ2) is 5.43. The molecule has 0 saturated heterocycles. The highest BCUT2D eigenvalue weighted by Crippen LogP contribution is 2.44. The van der Waals surface area contributed by atoms with Crippen molar-refractivity contribution in [3.05, 3.63) is 11.3 Å². The number of ether oxygens (including phenoxy) is 1. The van der Waals surface area contributed by atoms with Crippen LogP contribution in [-0.4, -0.2) is 23.5 Å². The third-order valence-corrected chi connectivity index (χ3v) is 4.04. The van der Waals surface area contributed by atoms with Gasteiger partial charge in [0.2, 0.25) is 0 Å². The summed E-state index contributed by atoms with van der Waals surface area (Å²) in [4.78, 5) is 24.2. The zero-order valence-electron chi connectivity index (χ0n) is 10.9. The van der Waals surface area contributed by atoms with Gasteiger partial charge in [-0.05, 0) is 25.7 Å². The minimum Gasteiger partial charge on any atom is -0.510 e. The maximum absolute atomic E-state index is 12.2. The number of ketones is 1. The molecule has 0 aromatic rings. The summed E-state index contributed by atoms with van der Waals surface area (Å²) in [5.74, 6) is -2.67. The van der Waals surface area contributed by atoms with Gasteiger partial charge in [0.15, 0.2) is 5.78 Å². The SMILES string of the molecule is CCOC(=O)[C@@H]1C(=O)C(C#N)=C(O)[C@H]2CCCC[C@@H]12. The number of allylic oxidation sites excluding steroid dienone is 2. The molecule has 1 fully saturated rings. The van der Waals surface area contributed by atoms with E-state index in [2.05, 4.69) is 0 Å². The van der Waals surface area contributed by atoms with Crippen LogP contribution in [0.4, 0.5) is 0 Å². The van der Waals surface area contributed by atoms with E-state index in [4.69, 9.17) is 10.00 Å². The lowest BCUT2D eigenvalue weighted by Gasteiger charge is -2.38. The largest absolute Gasteiger partial charge is 0.510 e. The van der Waals surface area contributed by atoms with Crippen LogP contribution in [0.3, 0.4) is 0 Å². The van der Waals surface area contributed by atoms with E-state index in [1.165, 1.54) is 0 Å². The van der Waals surface area contributed by atoms with Crippen molar-refractivity contribution in [3.63, 3.8) is 0 Å². The maximum atomic E-state index is 12.2. The summed E-state index contributed by atoms with van der Waals surface area (Å²) < 4.78 is 4.96. The molecule has 0 amide bonds. The van der Waals surface area contributed by atoms with Crippen molar-refractivity contribution in [2.45, 2.75) is 32.6 Å². The van der Waals surface area contributed by atoms with Gasteiger partial charge in [0.1, 0.15) is 23.3 Å². The Balaban J connectivity index is 2.41. The Morgan fingerprint density at radius 1 is 1.47 bits per heavy atom. The number of esters is 1. The number of hydrogen-bond donors (Lipinski definition) is 1. The summed E-state index contributed by atoms with van der Waals surface area (Å²) >= 11 is 0. The molecule has 0 aromatic carbocycles. The van der Waals surface area contributed by atoms with E-state index in [1.807, 2.05) is 0 Å². The van der Waals surface area contributed by atoms with Gasteiger partial charge < -0.3 is 9.84 Å². The first kappa shape index (κ1) is 13.6. The van der Waals surface area contributed by atoms with Gasteiger partial charge in [0.25, 0.3) is 0 Å². The van der Waals surface area contributed by atoms with Crippen LogP contribution in [0.1, 0.15) is 32.6 Å². The van der Waals surface area contributed by atoms with E-state index >= 15 is 0 Å². The summed E-state index contributed by atoms with van der Waals surface area (Å²) in [6, 6.07) is 1.74. The van der Waals surface area contributed by atoms with E-state index < -0.39 is 17.7 Å². The molecule has 102 valence electrons. The first-order valence-electron chi connectivity index (χ1n) is 6.65. The van der Waals surface area contributed by atoms with Gasteiger partial charge in [0.05, 0.1) is 6.61 Å². The lowest BCUT2D eigenvalue weighted by Crippen LogP contribution is -2.43. The summed E-state index contributed by atoms with van der Waals surface area (Å²) in [6.07, 6.45) is 3.29. The number of aliphatic hydroxyl groups excluding tert-OH is 1. The third-order valence-electron chi connectivity index (χ3n) is 4.04. The van der Waals surface area contributed by atoms with Gasteiger partial charge in [-0.25, -0.2) is 0 Å². The Hall–Kier alpha value is -1.83. The van der Waals surface area contributed by atoms with Crippen molar-refractivity contribution >= 4 is 11.8 Å². The summed E-state index contributed by atoms with van der Waals surface area (Å²) in [5, 5.41) is 19.1. The molecule has 3 atom stereocenters. The minimum absolute atomic E-state index is 0.127. The molecule has 5 nitrogen and oxygen atoms in total. The van der Waals surface area contributed by atoms with Crippen LogP contribution in [0.2, 0.25) is 0 Å². The molecule has 19 heavy (non-hydrogen) atoms. The molecule has 1 saturated carbocycles. The standard InChI is InChI=1S/C14H17NO4/c1-2-19-14(18)11-8-5-3-4-6-9(8)12(16)10(7-15)13(11)17/h8-9,11,16H,2-6H2,1H3/t8-,9+,11+/m1/s1. The normalized spacial score (nSPS) is 30.5. The first-order valence-corrected chi connectivity index (χ1v) is 6.65. The predicted molar refractivity (Wildman–Crippen MR) is 65.8 cm³/mol. The summed E-state index contributed by atoms with van der Waals surface area (Å²) in [5.41, 5.74) is -0.263. The lowest BCUT2D eigenvalue weighted by atomic mass is 9.65. The minimum atomic E-state index is -0.921. The molecular weight excluding hydrogens is 246 g/mol. The van der Waals surface area contributed by atoms with E-state index in [-0.39, 0.29) is 29.8 Å². The molecule has 0 unspecified atom stereocenters. The molecule has 0 radical (unpaired) electrons. The lowest BCUT2D eigenvalue weighted by molar-refractivity contribution is -0.155. The first-order chi connectivity index (χ1) is 9.11. The molecular formula is C14H17NO4. The number of carbonyl (C=O) groups is 2. The monoisotopic (exact) mass is 263 g/mol. The van der Waals surface area contributed by atoms with Crippen molar-refractivity contribution in [2.75, 3.05) is 6.61 Å². The molecule has 2 aliphatic rings. The van der Waals surface area contributed by atoms with Crippen LogP contribution in [0.15, 0.2) is 11.3 Å². The second-order valence-corrected chi connectivity index (χ2v) is 5.02. The number of aliphatic hydroxyl groups is 1. The van der Waals surface area contributed by atoms with Gasteiger partial charge in [-0.15, -0.1) is 0 Å². The van der Waals surface area contributed by atoms with E-state index in [1.54, 1.807) is 13.0 Å². The van der Waals surface area contributed by atoms with Crippen molar-refractivity contribution in [2.24, 2.45) is 17.8 Å². The fraction of sp³-hybridized carbons (Fsp3) is 0.643. The number of nitrogens with zero attached hydrogens (tertiary/aromatic N) is 1. The molecule has 0 spiro atoms. The molecule has 0 heterocycles. The average molecular weight is 263 g/mol. The highest BCUT2D eigenvalue weighted by molar-refractivity contribution is 6.11. The molecule has 2 aliphatic carbocycles. The topological polar surface area (TPSA) is 87.4 Å². The number of hydrogen-bond acceptors (Lipinski definition) is 5. The smallest absolute Gasteiger partial charge is 0.317 e. The predicted octanol–water partition coefficient (Wildman–Crippen LogP) is 1.89. The Labute approximate surface area is 111 Å². The summed E-state index contributed by atoms with van der Waals surface area (Å²) in [7, 11) is 0. The number of nitriles is 1. The van der Waals surface area contributed by atoms with Crippen LogP contribution in [-0.2, 0) is 14.3 Å². The Morgan fingerprint density at radius 2 is 2.16 bits per heavy atom. The quantitative estimate of drug-likeness (QED) is 0.607. The van der Waals surface area contributed by atoms with E-state index in [0.717, 1.165) is 12.8 Å². The average Bonchev–Trinajstić information content (AvgIpc) is 2.40. The van der Waals surface area contributed by atoms with Gasteiger partial charge in [-0.1, -0.05) is 12.8 Å². The molecule has 0 bridgehead atoms. The van der Waals surface area contributed by atoms with E-state index in [0.29, 0.717) is 12.8 Å². The fourth-order valence-corrected chi connectivity index (χ4v) is 3.19. The van der Waals surface area contributed by atoms with Gasteiger partial charge in [-0.2, -0.15) is 5.26 Å². The molecule has 5 heteroatoms. The van der Waals surface area contributed by atoms with Crippen LogP contribution in [0.5, 0.6) is 0 Å². The molecule has 2 rings (SSSR count). The van der Waals surface area contributed by atoms with Gasteiger partial charge >= 0.3 is 5.97 Å². The van der Waals surface area contributed by atoms with Crippen LogP contribution in [0.25, 0.3) is 0 Å². The Kier molecular flexibility index (Phi) is 3.89. The Bertz CT molecular complexity index is 474. The number of fused-ring (bicyclic) bond motifs is 1. The van der Waals surface area contributed by atoms with Gasteiger partial charge in [0, 0.05) is 5.92 Å². The van der Waals surface area contributed by atoms with Crippen molar-refractivity contribution in [1.82, 2.24) is 0 Å². The fourth-order valence-electron chi connectivity index (χ4n) is 3.19. The van der Waals surface area contributed by atoms with Crippen LogP contribution < -0.4 is 0 Å². The highest BCUT2D eigenvalue weighted by atomic mass is 16.5. The summed E-state index contributed by atoms with van der Waals surface area (Å²) in [6.45, 7) is 1.89. The van der Waals surface area contributed by atoms with Gasteiger partial charge in [-0.3, -0.25) is 9.59 Å². The number of Topliss-reactive ketones (excluding diaryl/α,β-unsaturated/α-hetero) is 1. The van der Waals surface area contributed by atoms with E-state index in [9.17, 15) is 14.7 Å². The zero-order valence-corrected chi connectivity index (χ0v) is 10.9. The van der Waals surface area contributed by atoms with Crippen molar-refractivity contribution < 1.29 is 19.4 Å². The van der Waals surface area contributed by atoms with Crippen LogP contribution in [0, 0.1) is 29.1 Å². The van der Waals surface area contributed by atoms with Crippen LogP contribution >= 0.6 is 0 Å². The third kappa shape index (κ3) is 2.23. The zero-order chi connectivity index (χ0) is 14.0.